The second-order valence-corrected chi connectivity index (χ2v) is 5.42. The van der Waals surface area contributed by atoms with Crippen LogP contribution in [0.1, 0.15) is 24.8 Å². The Hall–Kier alpha value is -1.19. The third-order valence-electron chi connectivity index (χ3n) is 3.20. The number of amides is 1. The van der Waals surface area contributed by atoms with Crippen LogP contribution in [0, 0.1) is 0 Å². The average Bonchev–Trinajstić information content (AvgIpc) is 2.38. The van der Waals surface area contributed by atoms with Gasteiger partial charge in [0, 0.05) is 30.4 Å². The maximum Gasteiger partial charge on any atom is 0.241 e. The Morgan fingerprint density at radius 3 is 2.26 bits per heavy atom. The lowest BCUT2D eigenvalue weighted by Crippen LogP contribution is -2.29. The Kier molecular flexibility index (Phi) is 4.72. The minimum atomic E-state index is -0.521. The SMILES string of the molecule is NC(=O)/C=C/c1c(Cl)cc(N2CCCCC2)cc1Cl. The Morgan fingerprint density at radius 1 is 1.16 bits per heavy atom. The van der Waals surface area contributed by atoms with Crippen molar-refractivity contribution in [2.75, 3.05) is 18.0 Å². The highest BCUT2D eigenvalue weighted by Crippen LogP contribution is 2.32. The quantitative estimate of drug-likeness (QED) is 0.869. The van der Waals surface area contributed by atoms with Crippen LogP contribution >= 0.6 is 23.2 Å². The van der Waals surface area contributed by atoms with Crippen molar-refractivity contribution >= 4 is 40.9 Å². The number of rotatable bonds is 3. The number of hydrogen-bond donors (Lipinski definition) is 1. The fraction of sp³-hybridized carbons (Fsp3) is 0.357. The number of hydrogen-bond acceptors (Lipinski definition) is 2. The maximum atomic E-state index is 10.8. The van der Waals surface area contributed by atoms with E-state index in [9.17, 15) is 4.79 Å². The predicted molar refractivity (Wildman–Crippen MR) is 80.8 cm³/mol. The summed E-state index contributed by atoms with van der Waals surface area (Å²) in [5.41, 5.74) is 6.73. The van der Waals surface area contributed by atoms with Crippen molar-refractivity contribution in [3.63, 3.8) is 0 Å². The molecule has 0 aromatic heterocycles. The van der Waals surface area contributed by atoms with Crippen molar-refractivity contribution in [3.05, 3.63) is 33.8 Å². The number of halogens is 2. The molecule has 5 heteroatoms. The first-order valence-corrected chi connectivity index (χ1v) is 7.05. The van der Waals surface area contributed by atoms with Gasteiger partial charge in [-0.3, -0.25) is 4.79 Å². The normalized spacial score (nSPS) is 16.0. The van der Waals surface area contributed by atoms with E-state index < -0.39 is 5.91 Å². The van der Waals surface area contributed by atoms with Crippen molar-refractivity contribution in [1.29, 1.82) is 0 Å². The fourth-order valence-electron chi connectivity index (χ4n) is 2.23. The van der Waals surface area contributed by atoms with Crippen molar-refractivity contribution in [2.24, 2.45) is 5.73 Å². The number of anilines is 1. The number of nitrogens with two attached hydrogens (primary N) is 1. The van der Waals surface area contributed by atoms with Gasteiger partial charge in [0.25, 0.3) is 0 Å². The molecular formula is C14H16Cl2N2O. The molecule has 0 aliphatic carbocycles. The molecule has 1 amide bonds. The van der Waals surface area contributed by atoms with Gasteiger partial charge in [-0.05, 0) is 37.5 Å². The number of benzene rings is 1. The van der Waals surface area contributed by atoms with Crippen LogP contribution in [0.2, 0.25) is 10.0 Å². The van der Waals surface area contributed by atoms with E-state index in [1.165, 1.54) is 25.3 Å². The fourth-order valence-corrected chi connectivity index (χ4v) is 2.83. The smallest absolute Gasteiger partial charge is 0.241 e. The number of carbonyl (C=O) groups excluding carboxylic acids is 1. The van der Waals surface area contributed by atoms with E-state index in [4.69, 9.17) is 28.9 Å². The number of piperidine rings is 1. The first-order chi connectivity index (χ1) is 9.08. The van der Waals surface area contributed by atoms with Crippen LogP contribution in [0.3, 0.4) is 0 Å². The van der Waals surface area contributed by atoms with E-state index in [0.717, 1.165) is 18.8 Å². The highest BCUT2D eigenvalue weighted by molar-refractivity contribution is 6.37. The first-order valence-electron chi connectivity index (χ1n) is 6.29. The van der Waals surface area contributed by atoms with E-state index in [-0.39, 0.29) is 0 Å². The molecule has 1 aliphatic heterocycles. The van der Waals surface area contributed by atoms with Gasteiger partial charge in [0.05, 0.1) is 10.0 Å². The molecule has 1 heterocycles. The Balaban J connectivity index is 2.27. The van der Waals surface area contributed by atoms with Crippen LogP contribution in [0.15, 0.2) is 18.2 Å². The monoisotopic (exact) mass is 298 g/mol. The highest BCUT2D eigenvalue weighted by Gasteiger charge is 2.14. The average molecular weight is 299 g/mol. The summed E-state index contributed by atoms with van der Waals surface area (Å²) in [7, 11) is 0. The summed E-state index contributed by atoms with van der Waals surface area (Å²) >= 11 is 12.4. The van der Waals surface area contributed by atoms with Gasteiger partial charge in [-0.2, -0.15) is 0 Å². The standard InChI is InChI=1S/C14H16Cl2N2O/c15-12-8-10(18-6-2-1-3-7-18)9-13(16)11(12)4-5-14(17)19/h4-5,8-9H,1-3,6-7H2,(H2,17,19)/b5-4+. The van der Waals surface area contributed by atoms with Gasteiger partial charge in [0.15, 0.2) is 0 Å². The van der Waals surface area contributed by atoms with Crippen molar-refractivity contribution in [1.82, 2.24) is 0 Å². The first kappa shape index (κ1) is 14.2. The zero-order chi connectivity index (χ0) is 13.8. The zero-order valence-corrected chi connectivity index (χ0v) is 12.0. The van der Waals surface area contributed by atoms with Crippen LogP contribution in [0.4, 0.5) is 5.69 Å². The lowest BCUT2D eigenvalue weighted by atomic mass is 10.1. The predicted octanol–water partition coefficient (Wildman–Crippen LogP) is 3.48. The molecule has 0 unspecified atom stereocenters. The molecular weight excluding hydrogens is 283 g/mol. The van der Waals surface area contributed by atoms with Crippen LogP contribution in [0.25, 0.3) is 6.08 Å². The molecule has 0 atom stereocenters. The molecule has 0 saturated carbocycles. The molecule has 0 spiro atoms. The highest BCUT2D eigenvalue weighted by atomic mass is 35.5. The van der Waals surface area contributed by atoms with Crippen LogP contribution in [0.5, 0.6) is 0 Å². The minimum Gasteiger partial charge on any atom is -0.371 e. The molecule has 2 rings (SSSR count). The van der Waals surface area contributed by atoms with Crippen LogP contribution in [-0.4, -0.2) is 19.0 Å². The molecule has 1 aliphatic rings. The largest absolute Gasteiger partial charge is 0.371 e. The Morgan fingerprint density at radius 2 is 1.74 bits per heavy atom. The number of carbonyl (C=O) groups is 1. The van der Waals surface area contributed by atoms with E-state index in [1.807, 2.05) is 12.1 Å². The molecule has 102 valence electrons. The summed E-state index contributed by atoms with van der Waals surface area (Å²) in [5, 5.41) is 1.07. The van der Waals surface area contributed by atoms with E-state index in [1.54, 1.807) is 6.08 Å². The van der Waals surface area contributed by atoms with Gasteiger partial charge in [-0.15, -0.1) is 0 Å². The lowest BCUT2D eigenvalue weighted by Gasteiger charge is -2.29. The van der Waals surface area contributed by atoms with E-state index >= 15 is 0 Å². The summed E-state index contributed by atoms with van der Waals surface area (Å²) in [6.45, 7) is 2.06. The molecule has 0 radical (unpaired) electrons. The molecule has 1 aromatic rings. The van der Waals surface area contributed by atoms with Crippen LogP contribution < -0.4 is 10.6 Å². The third kappa shape index (κ3) is 3.64. The Bertz CT molecular complexity index is 485. The maximum absolute atomic E-state index is 10.8. The van der Waals surface area contributed by atoms with Gasteiger partial charge >= 0.3 is 0 Å². The summed E-state index contributed by atoms with van der Waals surface area (Å²) in [4.78, 5) is 13.0. The zero-order valence-electron chi connectivity index (χ0n) is 10.5. The summed E-state index contributed by atoms with van der Waals surface area (Å²) in [6, 6.07) is 3.78. The summed E-state index contributed by atoms with van der Waals surface area (Å²) in [5.74, 6) is -0.521. The molecule has 19 heavy (non-hydrogen) atoms. The number of primary amides is 1. The molecule has 1 saturated heterocycles. The number of nitrogens with zero attached hydrogens (tertiary/aromatic N) is 1. The lowest BCUT2D eigenvalue weighted by molar-refractivity contribution is -0.113. The second kappa shape index (κ2) is 6.31. The van der Waals surface area contributed by atoms with Gasteiger partial charge < -0.3 is 10.6 Å². The van der Waals surface area contributed by atoms with Gasteiger partial charge in [-0.1, -0.05) is 23.2 Å². The van der Waals surface area contributed by atoms with Gasteiger partial charge in [0.2, 0.25) is 5.91 Å². The van der Waals surface area contributed by atoms with Crippen molar-refractivity contribution in [2.45, 2.75) is 19.3 Å². The second-order valence-electron chi connectivity index (χ2n) is 4.61. The molecule has 0 bridgehead atoms. The van der Waals surface area contributed by atoms with Gasteiger partial charge in [-0.25, -0.2) is 0 Å². The summed E-state index contributed by atoms with van der Waals surface area (Å²) in [6.07, 6.45) is 6.47. The third-order valence-corrected chi connectivity index (χ3v) is 3.82. The minimum absolute atomic E-state index is 0.521. The van der Waals surface area contributed by atoms with Crippen molar-refractivity contribution in [3.8, 4) is 0 Å². The molecule has 2 N–H and O–H groups in total. The Labute approximate surface area is 123 Å². The molecule has 3 nitrogen and oxygen atoms in total. The van der Waals surface area contributed by atoms with Gasteiger partial charge in [0.1, 0.15) is 0 Å². The molecule has 1 fully saturated rings. The summed E-state index contributed by atoms with van der Waals surface area (Å²) < 4.78 is 0. The van der Waals surface area contributed by atoms with E-state index in [0.29, 0.717) is 15.6 Å². The van der Waals surface area contributed by atoms with Crippen molar-refractivity contribution < 1.29 is 4.79 Å². The van der Waals surface area contributed by atoms with Crippen LogP contribution in [-0.2, 0) is 4.79 Å². The molecule has 1 aromatic carbocycles. The topological polar surface area (TPSA) is 46.3 Å². The van der Waals surface area contributed by atoms with E-state index in [2.05, 4.69) is 4.90 Å².